The van der Waals surface area contributed by atoms with Gasteiger partial charge in [0.25, 0.3) is 0 Å². The maximum Gasteiger partial charge on any atom is 0.147 e. The van der Waals surface area contributed by atoms with Crippen molar-refractivity contribution in [1.29, 1.82) is 0 Å². The maximum atomic E-state index is 6.00. The van der Waals surface area contributed by atoms with Crippen LogP contribution in [0.25, 0.3) is 0 Å². The molecule has 0 amide bonds. The summed E-state index contributed by atoms with van der Waals surface area (Å²) in [4.78, 5) is 6.50. The second-order valence-corrected chi connectivity index (χ2v) is 5.20. The molecule has 3 heterocycles. The van der Waals surface area contributed by atoms with Crippen molar-refractivity contribution in [2.75, 3.05) is 24.5 Å². The third-order valence-corrected chi connectivity index (χ3v) is 4.24. The molecule has 5 heteroatoms. The van der Waals surface area contributed by atoms with Gasteiger partial charge >= 0.3 is 0 Å². The van der Waals surface area contributed by atoms with E-state index in [1.165, 1.54) is 6.42 Å². The molecule has 0 bridgehead atoms. The highest BCUT2D eigenvalue weighted by Crippen LogP contribution is 2.33. The SMILES string of the molecule is Clc1cc(N2CCC3CNCC32)cnc1Cl. The van der Waals surface area contributed by atoms with Crippen LogP contribution in [-0.2, 0) is 0 Å². The van der Waals surface area contributed by atoms with Gasteiger partial charge in [-0.1, -0.05) is 23.2 Å². The molecule has 2 unspecified atom stereocenters. The zero-order valence-electron chi connectivity index (χ0n) is 8.79. The summed E-state index contributed by atoms with van der Waals surface area (Å²) in [7, 11) is 0. The zero-order chi connectivity index (χ0) is 11.1. The molecule has 86 valence electrons. The number of rotatable bonds is 1. The van der Waals surface area contributed by atoms with Gasteiger partial charge in [-0.15, -0.1) is 0 Å². The summed E-state index contributed by atoms with van der Waals surface area (Å²) >= 11 is 11.8. The lowest BCUT2D eigenvalue weighted by molar-refractivity contribution is 0.578. The van der Waals surface area contributed by atoms with Crippen molar-refractivity contribution < 1.29 is 0 Å². The Morgan fingerprint density at radius 1 is 1.38 bits per heavy atom. The molecule has 1 aromatic rings. The quantitative estimate of drug-likeness (QED) is 0.782. The Morgan fingerprint density at radius 2 is 2.25 bits per heavy atom. The summed E-state index contributed by atoms with van der Waals surface area (Å²) in [5.74, 6) is 0.773. The van der Waals surface area contributed by atoms with Gasteiger partial charge in [-0.25, -0.2) is 4.98 Å². The molecule has 3 nitrogen and oxygen atoms in total. The highest BCUT2D eigenvalue weighted by molar-refractivity contribution is 6.41. The van der Waals surface area contributed by atoms with E-state index in [1.807, 2.05) is 12.3 Å². The predicted molar refractivity (Wildman–Crippen MR) is 66.4 cm³/mol. The van der Waals surface area contributed by atoms with Crippen LogP contribution < -0.4 is 10.2 Å². The molecule has 2 fully saturated rings. The Balaban J connectivity index is 1.89. The maximum absolute atomic E-state index is 6.00. The van der Waals surface area contributed by atoms with Crippen LogP contribution in [0.5, 0.6) is 0 Å². The van der Waals surface area contributed by atoms with E-state index in [0.29, 0.717) is 16.2 Å². The Bertz CT molecular complexity index is 410. The number of fused-ring (bicyclic) bond motifs is 1. The average Bonchev–Trinajstić information content (AvgIpc) is 2.83. The standard InChI is InChI=1S/C11H13Cl2N3/c12-9-3-8(5-15-11(9)13)16-2-1-7-4-14-6-10(7)16/h3,5,7,10,14H,1-2,4,6H2. The molecule has 0 spiro atoms. The molecule has 16 heavy (non-hydrogen) atoms. The monoisotopic (exact) mass is 257 g/mol. The van der Waals surface area contributed by atoms with E-state index >= 15 is 0 Å². The Labute approximate surface area is 105 Å². The number of anilines is 1. The molecule has 0 saturated carbocycles. The van der Waals surface area contributed by atoms with Crippen molar-refractivity contribution in [3.63, 3.8) is 0 Å². The molecule has 0 radical (unpaired) electrons. The largest absolute Gasteiger partial charge is 0.366 e. The van der Waals surface area contributed by atoms with Crippen molar-refractivity contribution in [3.8, 4) is 0 Å². The van der Waals surface area contributed by atoms with E-state index in [0.717, 1.165) is 31.2 Å². The summed E-state index contributed by atoms with van der Waals surface area (Å²) < 4.78 is 0. The first-order chi connectivity index (χ1) is 7.75. The third kappa shape index (κ3) is 1.67. The van der Waals surface area contributed by atoms with Crippen LogP contribution in [0.1, 0.15) is 6.42 Å². The minimum Gasteiger partial charge on any atom is -0.366 e. The van der Waals surface area contributed by atoms with E-state index in [2.05, 4.69) is 15.2 Å². The fourth-order valence-corrected chi connectivity index (χ4v) is 3.00. The van der Waals surface area contributed by atoms with Gasteiger partial charge in [0.2, 0.25) is 0 Å². The number of aromatic nitrogens is 1. The molecule has 2 atom stereocenters. The number of pyridine rings is 1. The van der Waals surface area contributed by atoms with Gasteiger partial charge in [-0.3, -0.25) is 0 Å². The van der Waals surface area contributed by atoms with Crippen molar-refractivity contribution in [2.45, 2.75) is 12.5 Å². The molecule has 1 N–H and O–H groups in total. The number of hydrogen-bond acceptors (Lipinski definition) is 3. The van der Waals surface area contributed by atoms with Gasteiger partial charge in [0.05, 0.1) is 16.9 Å². The van der Waals surface area contributed by atoms with Gasteiger partial charge in [0.15, 0.2) is 0 Å². The van der Waals surface area contributed by atoms with Crippen LogP contribution in [0.2, 0.25) is 10.2 Å². The first-order valence-electron chi connectivity index (χ1n) is 5.54. The molecule has 0 aliphatic carbocycles. The predicted octanol–water partition coefficient (Wildman–Crippen LogP) is 2.19. The van der Waals surface area contributed by atoms with Crippen molar-refractivity contribution in [1.82, 2.24) is 10.3 Å². The molecule has 2 aliphatic heterocycles. The lowest BCUT2D eigenvalue weighted by Crippen LogP contribution is -2.34. The van der Waals surface area contributed by atoms with Gasteiger partial charge in [0.1, 0.15) is 5.15 Å². The van der Waals surface area contributed by atoms with Crippen LogP contribution in [0.15, 0.2) is 12.3 Å². The molecular formula is C11H13Cl2N3. The van der Waals surface area contributed by atoms with Gasteiger partial charge in [-0.05, 0) is 18.4 Å². The average molecular weight is 258 g/mol. The normalized spacial score (nSPS) is 28.5. The van der Waals surface area contributed by atoms with Crippen LogP contribution in [-0.4, -0.2) is 30.7 Å². The molecule has 2 aliphatic rings. The number of nitrogens with zero attached hydrogens (tertiary/aromatic N) is 2. The van der Waals surface area contributed by atoms with E-state index < -0.39 is 0 Å². The number of nitrogens with one attached hydrogen (secondary N) is 1. The topological polar surface area (TPSA) is 28.2 Å². The zero-order valence-corrected chi connectivity index (χ0v) is 10.3. The van der Waals surface area contributed by atoms with Gasteiger partial charge in [0, 0.05) is 25.7 Å². The highest BCUT2D eigenvalue weighted by Gasteiger charge is 2.37. The van der Waals surface area contributed by atoms with E-state index in [4.69, 9.17) is 23.2 Å². The molecule has 2 saturated heterocycles. The highest BCUT2D eigenvalue weighted by atomic mass is 35.5. The van der Waals surface area contributed by atoms with Crippen LogP contribution in [0.3, 0.4) is 0 Å². The Kier molecular flexibility index (Phi) is 2.70. The summed E-state index contributed by atoms with van der Waals surface area (Å²) in [6.45, 7) is 3.29. The minimum absolute atomic E-state index is 0.380. The Morgan fingerprint density at radius 3 is 3.06 bits per heavy atom. The van der Waals surface area contributed by atoms with Gasteiger partial charge < -0.3 is 10.2 Å². The fourth-order valence-electron chi connectivity index (χ4n) is 2.74. The van der Waals surface area contributed by atoms with Crippen LogP contribution in [0, 0.1) is 5.92 Å². The second kappa shape index (κ2) is 4.06. The Hall–Kier alpha value is -0.510. The molecule has 0 aromatic carbocycles. The fraction of sp³-hybridized carbons (Fsp3) is 0.545. The first kappa shape index (κ1) is 10.6. The van der Waals surface area contributed by atoms with E-state index in [1.54, 1.807) is 0 Å². The van der Waals surface area contributed by atoms with E-state index in [-0.39, 0.29) is 0 Å². The second-order valence-electron chi connectivity index (χ2n) is 4.43. The molecule has 1 aromatic heterocycles. The van der Waals surface area contributed by atoms with Gasteiger partial charge in [-0.2, -0.15) is 0 Å². The van der Waals surface area contributed by atoms with Crippen LogP contribution in [0.4, 0.5) is 5.69 Å². The minimum atomic E-state index is 0.380. The lowest BCUT2D eigenvalue weighted by atomic mass is 10.1. The summed E-state index contributed by atoms with van der Waals surface area (Å²) in [5.41, 5.74) is 1.09. The molecular weight excluding hydrogens is 245 g/mol. The smallest absolute Gasteiger partial charge is 0.147 e. The van der Waals surface area contributed by atoms with E-state index in [9.17, 15) is 0 Å². The summed E-state index contributed by atoms with van der Waals surface area (Å²) in [6.07, 6.45) is 3.06. The lowest BCUT2D eigenvalue weighted by Gasteiger charge is -2.25. The molecule has 3 rings (SSSR count). The van der Waals surface area contributed by atoms with Crippen molar-refractivity contribution in [3.05, 3.63) is 22.4 Å². The number of hydrogen-bond donors (Lipinski definition) is 1. The summed E-state index contributed by atoms with van der Waals surface area (Å²) in [6, 6.07) is 2.51. The van der Waals surface area contributed by atoms with Crippen LogP contribution >= 0.6 is 23.2 Å². The number of halogens is 2. The first-order valence-corrected chi connectivity index (χ1v) is 6.29. The van der Waals surface area contributed by atoms with Crippen molar-refractivity contribution >= 4 is 28.9 Å². The summed E-state index contributed by atoms with van der Waals surface area (Å²) in [5, 5.41) is 4.34. The third-order valence-electron chi connectivity index (χ3n) is 3.56. The van der Waals surface area contributed by atoms with Crippen molar-refractivity contribution in [2.24, 2.45) is 5.92 Å².